The van der Waals surface area contributed by atoms with E-state index < -0.39 is 5.97 Å². The lowest BCUT2D eigenvalue weighted by Crippen LogP contribution is -2.05. The van der Waals surface area contributed by atoms with E-state index >= 15 is 0 Å². The zero-order chi connectivity index (χ0) is 20.2. The fraction of sp³-hybridized carbons (Fsp3) is 0.273. The van der Waals surface area contributed by atoms with E-state index in [9.17, 15) is 9.59 Å². The number of nitrogens with one attached hydrogen (secondary N) is 1. The number of ketones is 1. The van der Waals surface area contributed by atoms with Gasteiger partial charge in [-0.25, -0.2) is 14.3 Å². The second-order valence-corrected chi connectivity index (χ2v) is 6.72. The third-order valence-corrected chi connectivity index (χ3v) is 4.60. The third-order valence-electron chi connectivity index (χ3n) is 4.60. The molecule has 1 saturated carbocycles. The van der Waals surface area contributed by atoms with Crippen molar-refractivity contribution in [2.24, 2.45) is 5.92 Å². The number of hydrogen-bond donors (Lipinski definition) is 1. The van der Waals surface area contributed by atoms with Gasteiger partial charge in [0.25, 0.3) is 0 Å². The van der Waals surface area contributed by atoms with Crippen molar-refractivity contribution in [1.29, 1.82) is 0 Å². The Morgan fingerprint density at radius 1 is 1.31 bits per heavy atom. The van der Waals surface area contributed by atoms with Crippen LogP contribution in [0.2, 0.25) is 0 Å². The molecular formula is C22H20N4O3. The van der Waals surface area contributed by atoms with Gasteiger partial charge in [-0.15, -0.1) is 0 Å². The van der Waals surface area contributed by atoms with Crippen molar-refractivity contribution in [2.45, 2.75) is 19.8 Å². The molecule has 1 aliphatic rings. The minimum atomic E-state index is -0.443. The number of nitrogens with zero attached hydrogens (tertiary/aromatic N) is 3. The fourth-order valence-electron chi connectivity index (χ4n) is 2.98. The molecule has 2 aromatic heterocycles. The highest BCUT2D eigenvalue weighted by molar-refractivity contribution is 5.98. The Hall–Kier alpha value is -3.66. The SMILES string of the molecule is CCOC(=O)c1cnn2c(-c3cccc(NCC#CC(=O)C4CC4)c3)ccnc12. The average molecular weight is 388 g/mol. The monoisotopic (exact) mass is 388 g/mol. The Morgan fingerprint density at radius 2 is 2.17 bits per heavy atom. The van der Waals surface area contributed by atoms with Crippen LogP contribution in [0.5, 0.6) is 0 Å². The molecule has 1 aromatic carbocycles. The lowest BCUT2D eigenvalue weighted by Gasteiger charge is -2.08. The van der Waals surface area contributed by atoms with Crippen molar-refractivity contribution >= 4 is 23.1 Å². The first kappa shape index (κ1) is 18.7. The summed E-state index contributed by atoms with van der Waals surface area (Å²) in [5.74, 6) is 5.33. The molecule has 3 aromatic rings. The van der Waals surface area contributed by atoms with Crippen molar-refractivity contribution in [3.05, 3.63) is 48.3 Å². The molecule has 2 heterocycles. The molecule has 7 heteroatoms. The Balaban J connectivity index is 1.55. The molecule has 0 atom stereocenters. The van der Waals surface area contributed by atoms with Gasteiger partial charge >= 0.3 is 5.97 Å². The predicted octanol–water partition coefficient (Wildman–Crippen LogP) is 2.97. The number of Topliss-reactive ketones (excluding diaryl/α,β-unsaturated/α-hetero) is 1. The van der Waals surface area contributed by atoms with Crippen LogP contribution >= 0.6 is 0 Å². The Labute approximate surface area is 168 Å². The topological polar surface area (TPSA) is 85.6 Å². The number of rotatable bonds is 6. The normalized spacial score (nSPS) is 12.9. The van der Waals surface area contributed by atoms with E-state index in [-0.39, 0.29) is 11.7 Å². The molecule has 0 aliphatic heterocycles. The van der Waals surface area contributed by atoms with Gasteiger partial charge in [0, 0.05) is 23.4 Å². The van der Waals surface area contributed by atoms with Crippen LogP contribution in [0.1, 0.15) is 30.1 Å². The standard InChI is InChI=1S/C22H20N4O3/c1-2-29-22(28)18-14-25-26-19(10-12-24-21(18)26)16-5-3-6-17(13-16)23-11-4-7-20(27)15-8-9-15/h3,5-6,10,12-15,23H,2,8-9,11H2,1H3. The van der Waals surface area contributed by atoms with Gasteiger partial charge in [-0.05, 0) is 43.9 Å². The van der Waals surface area contributed by atoms with Crippen molar-refractivity contribution in [2.75, 3.05) is 18.5 Å². The highest BCUT2D eigenvalue weighted by Gasteiger charge is 2.27. The molecule has 4 rings (SSSR count). The Morgan fingerprint density at radius 3 is 2.97 bits per heavy atom. The summed E-state index contributed by atoms with van der Waals surface area (Å²) in [4.78, 5) is 28.0. The van der Waals surface area contributed by atoms with Crippen molar-refractivity contribution < 1.29 is 14.3 Å². The number of hydrogen-bond acceptors (Lipinski definition) is 6. The summed E-state index contributed by atoms with van der Waals surface area (Å²) in [5, 5.41) is 7.53. The molecule has 1 aliphatic carbocycles. The first-order valence-electron chi connectivity index (χ1n) is 9.54. The van der Waals surface area contributed by atoms with Gasteiger partial charge in [-0.1, -0.05) is 18.1 Å². The second-order valence-electron chi connectivity index (χ2n) is 6.72. The number of ether oxygens (including phenoxy) is 1. The van der Waals surface area contributed by atoms with Crippen LogP contribution in [0.4, 0.5) is 5.69 Å². The van der Waals surface area contributed by atoms with Crippen molar-refractivity contribution in [3.63, 3.8) is 0 Å². The molecule has 0 amide bonds. The van der Waals surface area contributed by atoms with Crippen LogP contribution in [0.15, 0.2) is 42.7 Å². The molecule has 29 heavy (non-hydrogen) atoms. The van der Waals surface area contributed by atoms with Gasteiger partial charge < -0.3 is 10.1 Å². The van der Waals surface area contributed by atoms with E-state index in [1.54, 1.807) is 17.6 Å². The molecule has 0 bridgehead atoms. The van der Waals surface area contributed by atoms with Gasteiger partial charge in [0.2, 0.25) is 5.78 Å². The first-order chi connectivity index (χ1) is 14.2. The molecule has 7 nitrogen and oxygen atoms in total. The Kier molecular flexibility index (Phi) is 5.25. The van der Waals surface area contributed by atoms with E-state index in [0.717, 1.165) is 29.8 Å². The fourth-order valence-corrected chi connectivity index (χ4v) is 2.98. The van der Waals surface area contributed by atoms with Gasteiger partial charge in [-0.3, -0.25) is 4.79 Å². The minimum absolute atomic E-state index is 0.0378. The minimum Gasteiger partial charge on any atom is -0.462 e. The van der Waals surface area contributed by atoms with Gasteiger partial charge in [0.1, 0.15) is 5.56 Å². The number of fused-ring (bicyclic) bond motifs is 1. The zero-order valence-electron chi connectivity index (χ0n) is 16.0. The summed E-state index contributed by atoms with van der Waals surface area (Å²) < 4.78 is 6.69. The number of carbonyl (C=O) groups excluding carboxylic acids is 2. The van der Waals surface area contributed by atoms with E-state index in [4.69, 9.17) is 4.74 Å². The zero-order valence-corrected chi connectivity index (χ0v) is 16.0. The van der Waals surface area contributed by atoms with Crippen LogP contribution in [-0.4, -0.2) is 39.5 Å². The molecule has 0 radical (unpaired) electrons. The van der Waals surface area contributed by atoms with Crippen molar-refractivity contribution in [3.8, 4) is 23.1 Å². The summed E-state index contributed by atoms with van der Waals surface area (Å²) in [6.45, 7) is 2.44. The maximum atomic E-state index is 12.1. The molecule has 1 fully saturated rings. The third kappa shape index (κ3) is 4.11. The van der Waals surface area contributed by atoms with Crippen molar-refractivity contribution in [1.82, 2.24) is 14.6 Å². The molecule has 146 valence electrons. The summed E-state index contributed by atoms with van der Waals surface area (Å²) in [6, 6.07) is 9.60. The van der Waals surface area contributed by atoms with E-state index in [0.29, 0.717) is 24.4 Å². The van der Waals surface area contributed by atoms with Crippen LogP contribution < -0.4 is 5.32 Å². The van der Waals surface area contributed by atoms with Gasteiger partial charge in [-0.2, -0.15) is 5.10 Å². The number of anilines is 1. The number of benzene rings is 1. The van der Waals surface area contributed by atoms with E-state index in [1.807, 2.05) is 30.3 Å². The second kappa shape index (κ2) is 8.15. The Bertz CT molecular complexity index is 1140. The molecule has 0 spiro atoms. The van der Waals surface area contributed by atoms with Gasteiger partial charge in [0.15, 0.2) is 5.65 Å². The van der Waals surface area contributed by atoms with Crippen LogP contribution in [-0.2, 0) is 9.53 Å². The maximum Gasteiger partial charge on any atom is 0.343 e. The predicted molar refractivity (Wildman–Crippen MR) is 108 cm³/mol. The summed E-state index contributed by atoms with van der Waals surface area (Å²) >= 11 is 0. The molecular weight excluding hydrogens is 368 g/mol. The lowest BCUT2D eigenvalue weighted by molar-refractivity contribution is -0.114. The quantitative estimate of drug-likeness (QED) is 0.397. The average Bonchev–Trinajstić information content (AvgIpc) is 3.50. The van der Waals surface area contributed by atoms with Crippen LogP contribution in [0.3, 0.4) is 0 Å². The molecule has 0 saturated heterocycles. The number of esters is 1. The largest absolute Gasteiger partial charge is 0.462 e. The summed E-state index contributed by atoms with van der Waals surface area (Å²) in [5.41, 5.74) is 3.35. The first-order valence-corrected chi connectivity index (χ1v) is 9.54. The summed E-state index contributed by atoms with van der Waals surface area (Å²) in [6.07, 6.45) is 5.05. The summed E-state index contributed by atoms with van der Waals surface area (Å²) in [7, 11) is 0. The van der Waals surface area contributed by atoms with Crippen LogP contribution in [0.25, 0.3) is 16.9 Å². The molecule has 1 N–H and O–H groups in total. The number of aromatic nitrogens is 3. The maximum absolute atomic E-state index is 12.1. The van der Waals surface area contributed by atoms with E-state index in [2.05, 4.69) is 27.2 Å². The van der Waals surface area contributed by atoms with E-state index in [1.165, 1.54) is 6.20 Å². The van der Waals surface area contributed by atoms with Crippen LogP contribution in [0, 0.1) is 17.8 Å². The molecule has 0 unspecified atom stereocenters. The highest BCUT2D eigenvalue weighted by Crippen LogP contribution is 2.29. The van der Waals surface area contributed by atoms with Gasteiger partial charge in [0.05, 0.1) is 25.0 Å². The smallest absolute Gasteiger partial charge is 0.343 e. The highest BCUT2D eigenvalue weighted by atomic mass is 16.5. The lowest BCUT2D eigenvalue weighted by atomic mass is 10.1. The number of carbonyl (C=O) groups is 2.